The fourth-order valence-electron chi connectivity index (χ4n) is 2.09. The van der Waals surface area contributed by atoms with Crippen LogP contribution in [0.2, 0.25) is 0 Å². The molecule has 0 unspecified atom stereocenters. The topological polar surface area (TPSA) is 29.5 Å². The van der Waals surface area contributed by atoms with Gasteiger partial charge < -0.3 is 4.74 Å². The molecule has 1 aliphatic heterocycles. The van der Waals surface area contributed by atoms with Crippen LogP contribution in [0.25, 0.3) is 0 Å². The van der Waals surface area contributed by atoms with Gasteiger partial charge in [0.25, 0.3) is 0 Å². The average molecular weight is 366 g/mol. The quantitative estimate of drug-likeness (QED) is 0.665. The Labute approximate surface area is 129 Å². The molecule has 1 aromatic rings. The zero-order chi connectivity index (χ0) is 16.0. The molecule has 1 heterocycles. The number of alkyl halides is 3. The van der Waals surface area contributed by atoms with E-state index in [0.717, 1.165) is 6.07 Å². The van der Waals surface area contributed by atoms with E-state index in [4.69, 9.17) is 4.74 Å². The van der Waals surface area contributed by atoms with Crippen molar-refractivity contribution in [3.8, 4) is 0 Å². The first-order valence-corrected chi connectivity index (χ1v) is 7.13. The molecule has 3 nitrogen and oxygen atoms in total. The highest BCUT2D eigenvalue weighted by atomic mass is 79.9. The largest absolute Gasteiger partial charge is 0.444 e. The van der Waals surface area contributed by atoms with Gasteiger partial charge in [0.2, 0.25) is 0 Å². The number of hydrogen-bond donors (Lipinski definition) is 0. The van der Waals surface area contributed by atoms with Crippen molar-refractivity contribution in [1.82, 2.24) is 4.90 Å². The van der Waals surface area contributed by atoms with E-state index in [0.29, 0.717) is 11.1 Å². The van der Waals surface area contributed by atoms with Gasteiger partial charge in [-0.15, -0.1) is 0 Å². The minimum absolute atomic E-state index is 0.0141. The molecule has 0 aliphatic carbocycles. The number of benzene rings is 1. The molecule has 0 saturated heterocycles. The lowest BCUT2D eigenvalue weighted by atomic mass is 10.1. The monoisotopic (exact) mass is 365 g/mol. The molecule has 1 amide bonds. The first-order chi connectivity index (χ1) is 9.47. The summed E-state index contributed by atoms with van der Waals surface area (Å²) in [4.78, 5) is 13.4. The van der Waals surface area contributed by atoms with E-state index in [1.165, 1.54) is 11.0 Å². The van der Waals surface area contributed by atoms with Crippen LogP contribution in [0.1, 0.15) is 37.5 Å². The standard InChI is InChI=1S/C14H15BrF3NO2/c1-13(2,3)21-12(20)19-6-8-4-10(14(16,17)18)11(15)5-9(8)7-19/h4-5H,6-7H2,1-3H3. The number of ether oxygens (including phenoxy) is 1. The summed E-state index contributed by atoms with van der Waals surface area (Å²) in [6, 6.07) is 2.51. The zero-order valence-electron chi connectivity index (χ0n) is 11.8. The normalized spacial score (nSPS) is 15.1. The highest BCUT2D eigenvalue weighted by Gasteiger charge is 2.36. The summed E-state index contributed by atoms with van der Waals surface area (Å²) >= 11 is 2.94. The first-order valence-electron chi connectivity index (χ1n) is 6.34. The molecule has 0 atom stereocenters. The highest BCUT2D eigenvalue weighted by Crippen LogP contribution is 2.38. The van der Waals surface area contributed by atoms with E-state index >= 15 is 0 Å². The molecule has 2 rings (SSSR count). The Kier molecular flexibility index (Phi) is 3.99. The molecule has 116 valence electrons. The van der Waals surface area contributed by atoms with Crippen molar-refractivity contribution in [3.05, 3.63) is 33.3 Å². The molecule has 0 N–H and O–H groups in total. The van der Waals surface area contributed by atoms with Gasteiger partial charge in [-0.3, -0.25) is 4.90 Å². The van der Waals surface area contributed by atoms with Crippen molar-refractivity contribution in [1.29, 1.82) is 0 Å². The number of carbonyl (C=O) groups excluding carboxylic acids is 1. The fraction of sp³-hybridized carbons (Fsp3) is 0.500. The van der Waals surface area contributed by atoms with Gasteiger partial charge in [-0.25, -0.2) is 4.79 Å². The van der Waals surface area contributed by atoms with Gasteiger partial charge in [-0.1, -0.05) is 15.9 Å². The molecule has 0 aromatic heterocycles. The molecular formula is C14H15BrF3NO2. The summed E-state index contributed by atoms with van der Waals surface area (Å²) in [6.45, 7) is 5.60. The maximum Gasteiger partial charge on any atom is 0.417 e. The van der Waals surface area contributed by atoms with Crippen LogP contribution >= 0.6 is 15.9 Å². The van der Waals surface area contributed by atoms with Crippen molar-refractivity contribution < 1.29 is 22.7 Å². The minimum atomic E-state index is -4.42. The SMILES string of the molecule is CC(C)(C)OC(=O)N1Cc2cc(Br)c(C(F)(F)F)cc2C1. The lowest BCUT2D eigenvalue weighted by Crippen LogP contribution is -2.33. The third kappa shape index (κ3) is 3.70. The van der Waals surface area contributed by atoms with Crippen LogP contribution in [-0.2, 0) is 24.0 Å². The van der Waals surface area contributed by atoms with Crippen LogP contribution < -0.4 is 0 Å². The molecule has 1 aliphatic rings. The van der Waals surface area contributed by atoms with E-state index in [-0.39, 0.29) is 17.6 Å². The second-order valence-electron chi connectivity index (χ2n) is 5.93. The maximum atomic E-state index is 12.9. The van der Waals surface area contributed by atoms with Gasteiger partial charge in [-0.2, -0.15) is 13.2 Å². The summed E-state index contributed by atoms with van der Waals surface area (Å²) in [6.07, 6.45) is -4.95. The van der Waals surface area contributed by atoms with Gasteiger partial charge in [0.15, 0.2) is 0 Å². The molecule has 21 heavy (non-hydrogen) atoms. The van der Waals surface area contributed by atoms with Crippen LogP contribution in [0.5, 0.6) is 0 Å². The summed E-state index contributed by atoms with van der Waals surface area (Å²) in [5.74, 6) is 0. The van der Waals surface area contributed by atoms with Crippen molar-refractivity contribution in [2.24, 2.45) is 0 Å². The lowest BCUT2D eigenvalue weighted by Gasteiger charge is -2.24. The molecular weight excluding hydrogens is 351 g/mol. The Morgan fingerprint density at radius 3 is 2.19 bits per heavy atom. The molecule has 7 heteroatoms. The Morgan fingerprint density at radius 2 is 1.71 bits per heavy atom. The Bertz CT molecular complexity index is 579. The van der Waals surface area contributed by atoms with Gasteiger partial charge in [0.05, 0.1) is 5.56 Å². The van der Waals surface area contributed by atoms with Crippen molar-refractivity contribution >= 4 is 22.0 Å². The van der Waals surface area contributed by atoms with Crippen molar-refractivity contribution in [2.45, 2.75) is 45.6 Å². The predicted molar refractivity (Wildman–Crippen MR) is 74.6 cm³/mol. The van der Waals surface area contributed by atoms with Crippen LogP contribution in [0.15, 0.2) is 16.6 Å². The maximum absolute atomic E-state index is 12.9. The average Bonchev–Trinajstić information content (AvgIpc) is 2.66. The smallest absolute Gasteiger partial charge is 0.417 e. The second kappa shape index (κ2) is 5.19. The van der Waals surface area contributed by atoms with Crippen LogP contribution in [-0.4, -0.2) is 16.6 Å². The molecule has 0 radical (unpaired) electrons. The summed E-state index contributed by atoms with van der Waals surface area (Å²) in [5.41, 5.74) is -0.173. The van der Waals surface area contributed by atoms with E-state index in [2.05, 4.69) is 15.9 Å². The minimum Gasteiger partial charge on any atom is -0.444 e. The zero-order valence-corrected chi connectivity index (χ0v) is 13.4. The van der Waals surface area contributed by atoms with Crippen LogP contribution in [0.3, 0.4) is 0 Å². The second-order valence-corrected chi connectivity index (χ2v) is 6.79. The Hall–Kier alpha value is -1.24. The number of nitrogens with zero attached hydrogens (tertiary/aromatic N) is 1. The summed E-state index contributed by atoms with van der Waals surface area (Å²) in [5, 5.41) is 0. The third-order valence-corrected chi connectivity index (χ3v) is 3.62. The van der Waals surface area contributed by atoms with Crippen LogP contribution in [0, 0.1) is 0 Å². The van der Waals surface area contributed by atoms with Crippen molar-refractivity contribution in [3.63, 3.8) is 0 Å². The number of halogens is 4. The summed E-state index contributed by atoms with van der Waals surface area (Å²) in [7, 11) is 0. The molecule has 0 fully saturated rings. The van der Waals surface area contributed by atoms with E-state index in [1.54, 1.807) is 20.8 Å². The number of hydrogen-bond acceptors (Lipinski definition) is 2. The van der Waals surface area contributed by atoms with E-state index < -0.39 is 23.4 Å². The number of fused-ring (bicyclic) bond motifs is 1. The van der Waals surface area contributed by atoms with Crippen molar-refractivity contribution in [2.75, 3.05) is 0 Å². The fourth-order valence-corrected chi connectivity index (χ4v) is 2.71. The number of rotatable bonds is 0. The predicted octanol–water partition coefficient (Wildman–Crippen LogP) is 4.72. The molecule has 0 bridgehead atoms. The van der Waals surface area contributed by atoms with Crippen LogP contribution in [0.4, 0.5) is 18.0 Å². The van der Waals surface area contributed by atoms with Gasteiger partial charge in [-0.05, 0) is 44.0 Å². The van der Waals surface area contributed by atoms with E-state index in [1.807, 2.05) is 0 Å². The molecule has 0 spiro atoms. The summed E-state index contributed by atoms with van der Waals surface area (Å²) < 4.78 is 43.8. The Balaban J connectivity index is 2.22. The lowest BCUT2D eigenvalue weighted by molar-refractivity contribution is -0.138. The number of amides is 1. The van der Waals surface area contributed by atoms with Gasteiger partial charge in [0, 0.05) is 17.6 Å². The molecule has 0 saturated carbocycles. The van der Waals surface area contributed by atoms with Gasteiger partial charge in [0.1, 0.15) is 5.60 Å². The highest BCUT2D eigenvalue weighted by molar-refractivity contribution is 9.10. The van der Waals surface area contributed by atoms with E-state index in [9.17, 15) is 18.0 Å². The van der Waals surface area contributed by atoms with Gasteiger partial charge >= 0.3 is 12.3 Å². The first kappa shape index (κ1) is 16.1. The Morgan fingerprint density at radius 1 is 1.19 bits per heavy atom. The number of carbonyl (C=O) groups is 1. The molecule has 1 aromatic carbocycles. The third-order valence-electron chi connectivity index (χ3n) is 2.97.